The maximum atomic E-state index is 12.0. The molecule has 2 rings (SSSR count). The predicted octanol–water partition coefficient (Wildman–Crippen LogP) is 0.188. The SMILES string of the molecule is CC(N)CNS(=O)(=O)c1c[nH]c2ncccc12. The smallest absolute Gasteiger partial charge is 0.242 e. The molecule has 0 aliphatic heterocycles. The van der Waals surface area contributed by atoms with E-state index >= 15 is 0 Å². The van der Waals surface area contributed by atoms with E-state index in [2.05, 4.69) is 14.7 Å². The molecule has 2 aromatic heterocycles. The third-order valence-corrected chi connectivity index (χ3v) is 3.76. The van der Waals surface area contributed by atoms with Gasteiger partial charge in [0.15, 0.2) is 0 Å². The highest BCUT2D eigenvalue weighted by molar-refractivity contribution is 7.89. The first kappa shape index (κ1) is 12.0. The maximum absolute atomic E-state index is 12.0. The lowest BCUT2D eigenvalue weighted by Crippen LogP contribution is -2.35. The second-order valence-corrected chi connectivity index (χ2v) is 5.62. The largest absolute Gasteiger partial charge is 0.345 e. The van der Waals surface area contributed by atoms with Crippen molar-refractivity contribution in [3.8, 4) is 0 Å². The minimum absolute atomic E-state index is 0.196. The quantitative estimate of drug-likeness (QED) is 0.725. The molecule has 0 radical (unpaired) electrons. The van der Waals surface area contributed by atoms with E-state index in [1.165, 1.54) is 6.20 Å². The Kier molecular flexibility index (Phi) is 3.14. The van der Waals surface area contributed by atoms with Crippen LogP contribution in [0, 0.1) is 0 Å². The number of sulfonamides is 1. The van der Waals surface area contributed by atoms with E-state index in [9.17, 15) is 8.42 Å². The van der Waals surface area contributed by atoms with Gasteiger partial charge in [0, 0.05) is 30.4 Å². The van der Waals surface area contributed by atoms with Gasteiger partial charge < -0.3 is 10.7 Å². The van der Waals surface area contributed by atoms with E-state index in [1.54, 1.807) is 25.3 Å². The van der Waals surface area contributed by atoms with Crippen LogP contribution in [0.4, 0.5) is 0 Å². The normalized spacial score (nSPS) is 14.0. The highest BCUT2D eigenvalue weighted by Crippen LogP contribution is 2.20. The molecule has 4 N–H and O–H groups in total. The number of pyridine rings is 1. The third-order valence-electron chi connectivity index (χ3n) is 2.30. The molecule has 92 valence electrons. The Labute approximate surface area is 99.3 Å². The van der Waals surface area contributed by atoms with Gasteiger partial charge in [-0.2, -0.15) is 0 Å². The molecule has 0 aromatic carbocycles. The number of nitrogens with one attached hydrogen (secondary N) is 2. The number of rotatable bonds is 4. The Morgan fingerprint density at radius 2 is 2.35 bits per heavy atom. The van der Waals surface area contributed by atoms with Gasteiger partial charge in [-0.15, -0.1) is 0 Å². The molecular weight excluding hydrogens is 240 g/mol. The molecule has 7 heteroatoms. The number of H-pyrrole nitrogens is 1. The topological polar surface area (TPSA) is 101 Å². The summed E-state index contributed by atoms with van der Waals surface area (Å²) in [5.41, 5.74) is 6.07. The number of fused-ring (bicyclic) bond motifs is 1. The Bertz CT molecular complexity index is 618. The van der Waals surface area contributed by atoms with Crippen molar-refractivity contribution in [3.05, 3.63) is 24.5 Å². The molecule has 0 saturated carbocycles. The second-order valence-electron chi connectivity index (χ2n) is 3.88. The Hall–Kier alpha value is -1.44. The van der Waals surface area contributed by atoms with Gasteiger partial charge in [-0.05, 0) is 19.1 Å². The van der Waals surface area contributed by atoms with Crippen LogP contribution in [-0.4, -0.2) is 31.0 Å². The molecule has 2 aromatic rings. The van der Waals surface area contributed by atoms with Crippen LogP contribution in [0.2, 0.25) is 0 Å². The molecule has 0 spiro atoms. The second kappa shape index (κ2) is 4.44. The molecule has 1 atom stereocenters. The van der Waals surface area contributed by atoms with Gasteiger partial charge in [0.05, 0.1) is 0 Å². The van der Waals surface area contributed by atoms with Crippen LogP contribution < -0.4 is 10.5 Å². The fourth-order valence-electron chi connectivity index (χ4n) is 1.47. The number of aromatic amines is 1. The number of hydrogen-bond donors (Lipinski definition) is 3. The molecule has 17 heavy (non-hydrogen) atoms. The van der Waals surface area contributed by atoms with Crippen LogP contribution in [0.15, 0.2) is 29.4 Å². The minimum Gasteiger partial charge on any atom is -0.345 e. The van der Waals surface area contributed by atoms with Crippen LogP contribution in [0.5, 0.6) is 0 Å². The highest BCUT2D eigenvalue weighted by Gasteiger charge is 2.19. The first-order valence-electron chi connectivity index (χ1n) is 5.18. The van der Waals surface area contributed by atoms with Gasteiger partial charge in [0.2, 0.25) is 10.0 Å². The summed E-state index contributed by atoms with van der Waals surface area (Å²) in [5.74, 6) is 0. The zero-order valence-corrected chi connectivity index (χ0v) is 10.2. The maximum Gasteiger partial charge on any atom is 0.242 e. The summed E-state index contributed by atoms with van der Waals surface area (Å²) in [4.78, 5) is 7.05. The van der Waals surface area contributed by atoms with E-state index in [0.29, 0.717) is 11.0 Å². The summed E-state index contributed by atoms with van der Waals surface area (Å²) in [5, 5.41) is 0.574. The summed E-state index contributed by atoms with van der Waals surface area (Å²) in [6.45, 7) is 1.94. The van der Waals surface area contributed by atoms with Crippen molar-refractivity contribution < 1.29 is 8.42 Å². The summed E-state index contributed by atoms with van der Waals surface area (Å²) >= 11 is 0. The average Bonchev–Trinajstić information content (AvgIpc) is 2.71. The van der Waals surface area contributed by atoms with Crippen molar-refractivity contribution in [1.82, 2.24) is 14.7 Å². The number of hydrogen-bond acceptors (Lipinski definition) is 4. The van der Waals surface area contributed by atoms with Crippen LogP contribution in [-0.2, 0) is 10.0 Å². The van der Waals surface area contributed by atoms with Crippen molar-refractivity contribution in [2.75, 3.05) is 6.54 Å². The van der Waals surface area contributed by atoms with Crippen molar-refractivity contribution >= 4 is 21.1 Å². The van der Waals surface area contributed by atoms with E-state index in [-0.39, 0.29) is 17.5 Å². The first-order chi connectivity index (χ1) is 8.00. The van der Waals surface area contributed by atoms with Gasteiger partial charge in [-0.1, -0.05) is 0 Å². The molecule has 2 heterocycles. The lowest BCUT2D eigenvalue weighted by Gasteiger charge is -2.07. The van der Waals surface area contributed by atoms with Crippen molar-refractivity contribution in [3.63, 3.8) is 0 Å². The Morgan fingerprint density at radius 1 is 1.59 bits per heavy atom. The molecule has 0 bridgehead atoms. The highest BCUT2D eigenvalue weighted by atomic mass is 32.2. The predicted molar refractivity (Wildman–Crippen MR) is 64.9 cm³/mol. The monoisotopic (exact) mass is 254 g/mol. The van der Waals surface area contributed by atoms with Crippen LogP contribution in [0.1, 0.15) is 6.92 Å². The van der Waals surface area contributed by atoms with Gasteiger partial charge in [-0.25, -0.2) is 18.1 Å². The molecule has 1 unspecified atom stereocenters. The van der Waals surface area contributed by atoms with Crippen molar-refractivity contribution in [2.24, 2.45) is 5.73 Å². The lowest BCUT2D eigenvalue weighted by atomic mass is 10.3. The molecule has 0 amide bonds. The van der Waals surface area contributed by atoms with Crippen molar-refractivity contribution in [2.45, 2.75) is 17.9 Å². The summed E-state index contributed by atoms with van der Waals surface area (Å²) < 4.78 is 26.4. The number of nitrogens with two attached hydrogens (primary N) is 1. The fraction of sp³-hybridized carbons (Fsp3) is 0.300. The molecular formula is C10H14N4O2S. The summed E-state index contributed by atoms with van der Waals surface area (Å²) in [6, 6.07) is 3.17. The average molecular weight is 254 g/mol. The first-order valence-corrected chi connectivity index (χ1v) is 6.66. The Morgan fingerprint density at radius 3 is 3.06 bits per heavy atom. The zero-order valence-electron chi connectivity index (χ0n) is 9.34. The van der Waals surface area contributed by atoms with E-state index in [1.807, 2.05) is 0 Å². The molecule has 0 fully saturated rings. The standard InChI is InChI=1S/C10H14N4O2S/c1-7(11)5-14-17(15,16)9-6-13-10-8(9)3-2-4-12-10/h2-4,6-7,14H,5,11H2,1H3,(H,12,13). The van der Waals surface area contributed by atoms with Crippen LogP contribution >= 0.6 is 0 Å². The summed E-state index contributed by atoms with van der Waals surface area (Å²) in [6.07, 6.45) is 3.03. The van der Waals surface area contributed by atoms with Gasteiger partial charge >= 0.3 is 0 Å². The summed E-state index contributed by atoms with van der Waals surface area (Å²) in [7, 11) is -3.54. The minimum atomic E-state index is -3.54. The van der Waals surface area contributed by atoms with E-state index in [0.717, 1.165) is 0 Å². The third kappa shape index (κ3) is 2.46. The van der Waals surface area contributed by atoms with E-state index < -0.39 is 10.0 Å². The Balaban J connectivity index is 2.39. The lowest BCUT2D eigenvalue weighted by molar-refractivity contribution is 0.575. The fourth-order valence-corrected chi connectivity index (χ4v) is 2.78. The molecule has 0 aliphatic carbocycles. The van der Waals surface area contributed by atoms with Gasteiger partial charge in [0.1, 0.15) is 10.5 Å². The zero-order chi connectivity index (χ0) is 12.5. The van der Waals surface area contributed by atoms with Crippen molar-refractivity contribution in [1.29, 1.82) is 0 Å². The number of aromatic nitrogens is 2. The molecule has 0 saturated heterocycles. The van der Waals surface area contributed by atoms with Crippen LogP contribution in [0.25, 0.3) is 11.0 Å². The molecule has 6 nitrogen and oxygen atoms in total. The molecule has 0 aliphatic rings. The van der Waals surface area contributed by atoms with Crippen LogP contribution in [0.3, 0.4) is 0 Å². The number of nitrogens with zero attached hydrogens (tertiary/aromatic N) is 1. The van der Waals surface area contributed by atoms with Gasteiger partial charge in [-0.3, -0.25) is 0 Å². The van der Waals surface area contributed by atoms with Gasteiger partial charge in [0.25, 0.3) is 0 Å². The van der Waals surface area contributed by atoms with E-state index in [4.69, 9.17) is 5.73 Å².